The van der Waals surface area contributed by atoms with Crippen LogP contribution < -0.4 is 5.32 Å². The van der Waals surface area contributed by atoms with Crippen molar-refractivity contribution in [3.05, 3.63) is 82.9 Å². The average Bonchev–Trinajstić information content (AvgIpc) is 3.52. The Morgan fingerprint density at radius 2 is 1.81 bits per heavy atom. The van der Waals surface area contributed by atoms with E-state index in [9.17, 15) is 0 Å². The molecule has 2 fully saturated rings. The molecule has 3 aromatic rings. The number of aryl methyl sites for hydroxylation is 2. The quantitative estimate of drug-likeness (QED) is 0.492. The minimum atomic E-state index is 0.0562. The smallest absolute Gasteiger partial charge is 0.170 e. The number of rotatable bonds is 5. The lowest BCUT2D eigenvalue weighted by Gasteiger charge is -2.33. The van der Waals surface area contributed by atoms with Gasteiger partial charge >= 0.3 is 0 Å². The summed E-state index contributed by atoms with van der Waals surface area (Å²) in [5.74, 6) is 0. The Bertz CT molecular complexity index is 1100. The molecule has 0 bridgehead atoms. The predicted octanol–water partition coefficient (Wildman–Crippen LogP) is 5.97. The Hall–Kier alpha value is -2.66. The molecule has 2 aromatic heterocycles. The maximum Gasteiger partial charge on any atom is 0.170 e. The molecule has 0 amide bonds. The van der Waals surface area contributed by atoms with Crippen molar-refractivity contribution in [2.45, 2.75) is 71.0 Å². The molecule has 3 heterocycles. The highest BCUT2D eigenvalue weighted by molar-refractivity contribution is 7.80. The van der Waals surface area contributed by atoms with E-state index in [1.165, 1.54) is 53.9 Å². The maximum absolute atomic E-state index is 5.92. The molecular formula is C27H32N4S. The number of hydrogen-bond acceptors (Lipinski definition) is 2. The molecule has 4 nitrogen and oxygen atoms in total. The summed E-state index contributed by atoms with van der Waals surface area (Å²) in [7, 11) is 0. The molecule has 2 atom stereocenters. The Kier molecular flexibility index (Phi) is 5.76. The van der Waals surface area contributed by atoms with Gasteiger partial charge in [-0.05, 0) is 86.8 Å². The van der Waals surface area contributed by atoms with Gasteiger partial charge in [-0.25, -0.2) is 0 Å². The zero-order chi connectivity index (χ0) is 22.2. The van der Waals surface area contributed by atoms with Gasteiger partial charge in [-0.2, -0.15) is 0 Å². The highest BCUT2D eigenvalue weighted by Gasteiger charge is 2.44. The van der Waals surface area contributed by atoms with Crippen LogP contribution in [0.25, 0.3) is 5.69 Å². The van der Waals surface area contributed by atoms with E-state index in [4.69, 9.17) is 17.2 Å². The third kappa shape index (κ3) is 3.62. The lowest BCUT2D eigenvalue weighted by atomic mass is 9.95. The number of pyridine rings is 1. The normalized spacial score (nSPS) is 21.3. The molecule has 0 unspecified atom stereocenters. The molecule has 2 aliphatic rings. The van der Waals surface area contributed by atoms with Gasteiger partial charge in [-0.15, -0.1) is 0 Å². The molecular weight excluding hydrogens is 412 g/mol. The van der Waals surface area contributed by atoms with E-state index in [1.807, 2.05) is 12.3 Å². The van der Waals surface area contributed by atoms with Crippen LogP contribution in [-0.4, -0.2) is 25.6 Å². The van der Waals surface area contributed by atoms with E-state index in [0.717, 1.165) is 17.2 Å². The molecule has 1 aliphatic heterocycles. The summed E-state index contributed by atoms with van der Waals surface area (Å²) in [6, 6.07) is 18.2. The van der Waals surface area contributed by atoms with Gasteiger partial charge in [0.05, 0.1) is 17.8 Å². The minimum Gasteiger partial charge on any atom is -0.352 e. The van der Waals surface area contributed by atoms with Crippen molar-refractivity contribution in [1.82, 2.24) is 19.8 Å². The first kappa shape index (κ1) is 21.2. The van der Waals surface area contributed by atoms with Crippen LogP contribution in [0.4, 0.5) is 0 Å². The fraction of sp³-hybridized carbons (Fsp3) is 0.407. The van der Waals surface area contributed by atoms with Gasteiger partial charge in [-0.1, -0.05) is 38.0 Å². The summed E-state index contributed by atoms with van der Waals surface area (Å²) in [6.45, 7) is 6.66. The van der Waals surface area contributed by atoms with E-state index < -0.39 is 0 Å². The number of hydrogen-bond donors (Lipinski definition) is 1. The van der Waals surface area contributed by atoms with Crippen LogP contribution in [0.15, 0.2) is 54.7 Å². The molecule has 1 saturated carbocycles. The molecule has 166 valence electrons. The lowest BCUT2D eigenvalue weighted by molar-refractivity contribution is 0.245. The van der Waals surface area contributed by atoms with Gasteiger partial charge in [0.2, 0.25) is 0 Å². The van der Waals surface area contributed by atoms with Crippen molar-refractivity contribution in [3.63, 3.8) is 0 Å². The number of aromatic nitrogens is 2. The summed E-state index contributed by atoms with van der Waals surface area (Å²) < 4.78 is 2.39. The van der Waals surface area contributed by atoms with E-state index in [-0.39, 0.29) is 12.1 Å². The van der Waals surface area contributed by atoms with Crippen molar-refractivity contribution >= 4 is 17.3 Å². The Morgan fingerprint density at radius 1 is 1.06 bits per heavy atom. The van der Waals surface area contributed by atoms with Crippen LogP contribution in [0, 0.1) is 13.8 Å². The second kappa shape index (κ2) is 8.70. The van der Waals surface area contributed by atoms with Crippen molar-refractivity contribution in [2.75, 3.05) is 0 Å². The first-order valence-corrected chi connectivity index (χ1v) is 12.3. The Balaban J connectivity index is 1.61. The number of nitrogens with one attached hydrogen (secondary N) is 1. The third-order valence-corrected chi connectivity index (χ3v) is 7.57. The van der Waals surface area contributed by atoms with E-state index >= 15 is 0 Å². The number of benzene rings is 1. The van der Waals surface area contributed by atoms with Gasteiger partial charge in [0, 0.05) is 29.3 Å². The van der Waals surface area contributed by atoms with Gasteiger partial charge in [-0.3, -0.25) is 4.98 Å². The fourth-order valence-corrected chi connectivity index (χ4v) is 6.03. The van der Waals surface area contributed by atoms with Crippen LogP contribution >= 0.6 is 12.2 Å². The SMILES string of the molecule is CCc1ccc(-n2c(C)cc([C@H]3[C@H](c4ccccn4)NC(=S)N3C3CCCC3)c2C)cc1. The van der Waals surface area contributed by atoms with Gasteiger partial charge in [0.25, 0.3) is 0 Å². The van der Waals surface area contributed by atoms with Gasteiger partial charge < -0.3 is 14.8 Å². The highest BCUT2D eigenvalue weighted by atomic mass is 32.1. The standard InChI is InChI=1S/C27H32N4S/c1-4-20-12-14-22(15-13-20)30-18(2)17-23(19(30)3)26-25(24-11-7-8-16-28-24)29-27(32)31(26)21-9-5-6-10-21/h7-8,11-17,21,25-26H,4-6,9-10H2,1-3H3,(H,29,32)/t25-,26-/m0/s1. The Morgan fingerprint density at radius 3 is 2.47 bits per heavy atom. The van der Waals surface area contributed by atoms with Crippen molar-refractivity contribution in [3.8, 4) is 5.69 Å². The van der Waals surface area contributed by atoms with Crippen LogP contribution in [0.3, 0.4) is 0 Å². The molecule has 5 heteroatoms. The summed E-state index contributed by atoms with van der Waals surface area (Å²) >= 11 is 5.92. The van der Waals surface area contributed by atoms with Gasteiger partial charge in [0.15, 0.2) is 5.11 Å². The topological polar surface area (TPSA) is 33.1 Å². The third-order valence-electron chi connectivity index (χ3n) is 7.25. The zero-order valence-electron chi connectivity index (χ0n) is 19.2. The van der Waals surface area contributed by atoms with Crippen LogP contribution in [0.5, 0.6) is 0 Å². The van der Waals surface area contributed by atoms with Crippen molar-refractivity contribution in [1.29, 1.82) is 0 Å². The molecule has 1 aromatic carbocycles. The molecule has 0 radical (unpaired) electrons. The van der Waals surface area contributed by atoms with Crippen molar-refractivity contribution in [2.24, 2.45) is 0 Å². The van der Waals surface area contributed by atoms with Crippen LogP contribution in [0.2, 0.25) is 0 Å². The summed E-state index contributed by atoms with van der Waals surface area (Å²) in [5.41, 5.74) is 7.52. The molecule has 32 heavy (non-hydrogen) atoms. The van der Waals surface area contributed by atoms with Gasteiger partial charge in [0.1, 0.15) is 0 Å². The lowest BCUT2D eigenvalue weighted by Crippen LogP contribution is -2.37. The first-order valence-electron chi connectivity index (χ1n) is 11.9. The summed E-state index contributed by atoms with van der Waals surface area (Å²) in [4.78, 5) is 7.21. The van der Waals surface area contributed by atoms with Crippen LogP contribution in [-0.2, 0) is 6.42 Å². The van der Waals surface area contributed by atoms with Crippen LogP contribution in [0.1, 0.15) is 72.9 Å². The number of thiocarbonyl (C=S) groups is 1. The van der Waals surface area contributed by atoms with E-state index in [1.54, 1.807) is 0 Å². The van der Waals surface area contributed by atoms with E-state index in [2.05, 4.69) is 78.0 Å². The molecule has 1 saturated heterocycles. The molecule has 5 rings (SSSR count). The maximum atomic E-state index is 5.92. The fourth-order valence-electron chi connectivity index (χ4n) is 5.64. The average molecular weight is 445 g/mol. The van der Waals surface area contributed by atoms with E-state index in [0.29, 0.717) is 6.04 Å². The Labute approximate surface area is 196 Å². The second-order valence-electron chi connectivity index (χ2n) is 9.15. The molecule has 1 aliphatic carbocycles. The monoisotopic (exact) mass is 444 g/mol. The molecule has 0 spiro atoms. The summed E-state index contributed by atoms with van der Waals surface area (Å²) in [6.07, 6.45) is 7.94. The minimum absolute atomic E-state index is 0.0562. The first-order chi connectivity index (χ1) is 15.6. The van der Waals surface area contributed by atoms with Crippen molar-refractivity contribution < 1.29 is 0 Å². The zero-order valence-corrected chi connectivity index (χ0v) is 20.0. The highest BCUT2D eigenvalue weighted by Crippen LogP contribution is 2.44. The molecule has 1 N–H and O–H groups in total. The second-order valence-corrected chi connectivity index (χ2v) is 9.54. The summed E-state index contributed by atoms with van der Waals surface area (Å²) in [5, 5.41) is 4.51. The number of nitrogens with zero attached hydrogens (tertiary/aromatic N) is 3. The largest absolute Gasteiger partial charge is 0.352 e. The predicted molar refractivity (Wildman–Crippen MR) is 134 cm³/mol.